The number of anilines is 3. The van der Waals surface area contributed by atoms with E-state index in [0.29, 0.717) is 35.6 Å². The molecule has 8 heteroatoms. The van der Waals surface area contributed by atoms with E-state index in [1.807, 2.05) is 6.92 Å². The number of aryl methyl sites for hydroxylation is 1. The van der Waals surface area contributed by atoms with E-state index in [1.165, 1.54) is 12.8 Å². The van der Waals surface area contributed by atoms with Gasteiger partial charge in [0.05, 0.1) is 0 Å². The van der Waals surface area contributed by atoms with Crippen LogP contribution in [0.1, 0.15) is 42.4 Å². The van der Waals surface area contributed by atoms with Crippen molar-refractivity contribution in [3.8, 4) is 0 Å². The lowest BCUT2D eigenvalue weighted by Crippen LogP contribution is -2.45. The molecule has 0 radical (unpaired) electrons. The van der Waals surface area contributed by atoms with Crippen LogP contribution in [-0.4, -0.2) is 63.8 Å². The average molecular weight is 381 g/mol. The van der Waals surface area contributed by atoms with Gasteiger partial charge in [0.15, 0.2) is 5.78 Å². The number of carbonyl (C=O) groups is 1. The summed E-state index contributed by atoms with van der Waals surface area (Å²) in [5, 5.41) is 3.17. The summed E-state index contributed by atoms with van der Waals surface area (Å²) in [6.45, 7) is 5.80. The highest BCUT2D eigenvalue weighted by atomic mass is 16.1. The van der Waals surface area contributed by atoms with Crippen LogP contribution >= 0.6 is 0 Å². The fourth-order valence-corrected chi connectivity index (χ4v) is 3.26. The first kappa shape index (κ1) is 18.7. The Morgan fingerprint density at radius 2 is 1.96 bits per heavy atom. The number of hydrogen-bond acceptors (Lipinski definition) is 8. The molecule has 1 aliphatic heterocycles. The second kappa shape index (κ2) is 8.18. The van der Waals surface area contributed by atoms with Gasteiger partial charge in [-0.3, -0.25) is 4.79 Å². The third-order valence-corrected chi connectivity index (χ3v) is 5.27. The summed E-state index contributed by atoms with van der Waals surface area (Å²) in [5.41, 5.74) is 0.688. The minimum atomic E-state index is 0.177. The number of rotatable bonds is 7. The van der Waals surface area contributed by atoms with E-state index in [2.05, 4.69) is 42.1 Å². The van der Waals surface area contributed by atoms with Gasteiger partial charge in [-0.15, -0.1) is 0 Å². The number of ketones is 1. The fourth-order valence-electron chi connectivity index (χ4n) is 3.26. The minimum absolute atomic E-state index is 0.177. The monoisotopic (exact) mass is 381 g/mol. The van der Waals surface area contributed by atoms with E-state index in [4.69, 9.17) is 0 Å². The summed E-state index contributed by atoms with van der Waals surface area (Å²) in [6.07, 6.45) is 5.35. The molecule has 0 atom stereocenters. The summed E-state index contributed by atoms with van der Waals surface area (Å²) in [4.78, 5) is 34.9. The molecule has 2 aromatic heterocycles. The van der Waals surface area contributed by atoms with Gasteiger partial charge >= 0.3 is 0 Å². The number of carbonyl (C=O) groups excluding carboxylic acids is 1. The van der Waals surface area contributed by atoms with Crippen molar-refractivity contribution in [1.29, 1.82) is 0 Å². The molecule has 0 unspecified atom stereocenters. The number of nitrogens with zero attached hydrogens (tertiary/aromatic N) is 6. The molecule has 0 spiro atoms. The van der Waals surface area contributed by atoms with Crippen molar-refractivity contribution in [3.05, 3.63) is 29.7 Å². The van der Waals surface area contributed by atoms with Crippen LogP contribution in [0.2, 0.25) is 0 Å². The molecule has 1 N–H and O–H groups in total. The molecular weight excluding hydrogens is 354 g/mol. The Morgan fingerprint density at radius 3 is 2.68 bits per heavy atom. The van der Waals surface area contributed by atoms with Crippen LogP contribution in [0.4, 0.5) is 17.7 Å². The van der Waals surface area contributed by atoms with Crippen LogP contribution in [-0.2, 0) is 6.42 Å². The van der Waals surface area contributed by atoms with Crippen molar-refractivity contribution in [2.45, 2.75) is 32.6 Å². The first-order valence-electron chi connectivity index (χ1n) is 10.1. The van der Waals surface area contributed by atoms with Crippen LogP contribution < -0.4 is 10.2 Å². The maximum atomic E-state index is 12.4. The molecule has 2 aliphatic rings. The van der Waals surface area contributed by atoms with Gasteiger partial charge in [-0.05, 0) is 37.9 Å². The number of hydrogen-bond donors (Lipinski definition) is 1. The highest BCUT2D eigenvalue weighted by Gasteiger charge is 2.25. The van der Waals surface area contributed by atoms with Gasteiger partial charge in [-0.1, -0.05) is 6.92 Å². The number of aromatic nitrogens is 4. The van der Waals surface area contributed by atoms with Gasteiger partial charge in [0, 0.05) is 50.8 Å². The van der Waals surface area contributed by atoms with Crippen molar-refractivity contribution in [1.82, 2.24) is 24.8 Å². The topological polar surface area (TPSA) is 87.1 Å². The van der Waals surface area contributed by atoms with Gasteiger partial charge in [-0.25, -0.2) is 4.98 Å². The lowest BCUT2D eigenvalue weighted by molar-refractivity contribution is 0.0976. The quantitative estimate of drug-likeness (QED) is 0.731. The Kier molecular flexibility index (Phi) is 5.47. The molecule has 0 amide bonds. The van der Waals surface area contributed by atoms with Crippen LogP contribution in [0.5, 0.6) is 0 Å². The van der Waals surface area contributed by atoms with Crippen LogP contribution in [0, 0.1) is 5.92 Å². The van der Waals surface area contributed by atoms with Crippen LogP contribution in [0.3, 0.4) is 0 Å². The standard InChI is InChI=1S/C20H27N7O/c1-3-17-22-19(25-20(24-17)27-10-8-26(2)9-11-27)23-18-13-15(6-7-21-18)16(28)12-14-4-5-14/h6-7,13-14H,3-5,8-12H2,1-2H3,(H,21,22,23,24,25). The van der Waals surface area contributed by atoms with Gasteiger partial charge in [0.25, 0.3) is 0 Å². The molecule has 1 aliphatic carbocycles. The molecule has 148 valence electrons. The zero-order valence-corrected chi connectivity index (χ0v) is 16.6. The van der Waals surface area contributed by atoms with Crippen LogP contribution in [0.15, 0.2) is 18.3 Å². The second-order valence-corrected chi connectivity index (χ2v) is 7.64. The van der Waals surface area contributed by atoms with E-state index in [1.54, 1.807) is 18.3 Å². The Morgan fingerprint density at radius 1 is 1.18 bits per heavy atom. The van der Waals surface area contributed by atoms with E-state index in [9.17, 15) is 4.79 Å². The summed E-state index contributed by atoms with van der Waals surface area (Å²) in [7, 11) is 2.12. The fraction of sp³-hybridized carbons (Fsp3) is 0.550. The van der Waals surface area contributed by atoms with E-state index in [-0.39, 0.29) is 5.78 Å². The number of nitrogens with one attached hydrogen (secondary N) is 1. The summed E-state index contributed by atoms with van der Waals surface area (Å²) in [6, 6.07) is 3.56. The number of Topliss-reactive ketones (excluding diaryl/α,β-unsaturated/α-hetero) is 1. The van der Waals surface area contributed by atoms with Gasteiger partial charge < -0.3 is 15.1 Å². The molecular formula is C20H27N7O. The molecule has 1 saturated heterocycles. The highest BCUT2D eigenvalue weighted by Crippen LogP contribution is 2.33. The summed E-state index contributed by atoms with van der Waals surface area (Å²) in [5.74, 6) is 3.24. The number of pyridine rings is 1. The van der Waals surface area contributed by atoms with Crippen molar-refractivity contribution in [2.75, 3.05) is 43.4 Å². The third-order valence-electron chi connectivity index (χ3n) is 5.27. The molecule has 0 bridgehead atoms. The van der Waals surface area contributed by atoms with Gasteiger partial charge in [0.1, 0.15) is 11.6 Å². The minimum Gasteiger partial charge on any atom is -0.338 e. The third kappa shape index (κ3) is 4.62. The predicted octanol–water partition coefficient (Wildman–Crippen LogP) is 2.31. The zero-order valence-electron chi connectivity index (χ0n) is 16.6. The Hall–Kier alpha value is -2.61. The Balaban J connectivity index is 1.52. The molecule has 28 heavy (non-hydrogen) atoms. The maximum Gasteiger partial charge on any atom is 0.233 e. The van der Waals surface area contributed by atoms with Gasteiger partial charge in [0.2, 0.25) is 11.9 Å². The molecule has 3 heterocycles. The summed E-state index contributed by atoms with van der Waals surface area (Å²) < 4.78 is 0. The van der Waals surface area contributed by atoms with Gasteiger partial charge in [-0.2, -0.15) is 15.0 Å². The lowest BCUT2D eigenvalue weighted by atomic mass is 10.1. The first-order valence-corrected chi connectivity index (χ1v) is 10.1. The average Bonchev–Trinajstić information content (AvgIpc) is 3.52. The molecule has 4 rings (SSSR count). The Labute approximate surface area is 165 Å². The number of piperazine rings is 1. The molecule has 2 aromatic rings. The predicted molar refractivity (Wildman–Crippen MR) is 108 cm³/mol. The summed E-state index contributed by atoms with van der Waals surface area (Å²) >= 11 is 0. The second-order valence-electron chi connectivity index (χ2n) is 7.64. The van der Waals surface area contributed by atoms with Crippen molar-refractivity contribution >= 4 is 23.5 Å². The number of likely N-dealkylation sites (N-methyl/N-ethyl adjacent to an activating group) is 1. The zero-order chi connectivity index (χ0) is 19.5. The van der Waals surface area contributed by atoms with Crippen LogP contribution in [0.25, 0.3) is 0 Å². The van der Waals surface area contributed by atoms with Crippen molar-refractivity contribution in [2.24, 2.45) is 5.92 Å². The molecule has 8 nitrogen and oxygen atoms in total. The normalized spacial score (nSPS) is 17.6. The van der Waals surface area contributed by atoms with E-state index >= 15 is 0 Å². The SMILES string of the molecule is CCc1nc(Nc2cc(C(=O)CC3CC3)ccn2)nc(N2CCN(C)CC2)n1. The smallest absolute Gasteiger partial charge is 0.233 e. The molecule has 1 saturated carbocycles. The lowest BCUT2D eigenvalue weighted by Gasteiger charge is -2.32. The molecule has 0 aromatic carbocycles. The van der Waals surface area contributed by atoms with Crippen molar-refractivity contribution in [3.63, 3.8) is 0 Å². The van der Waals surface area contributed by atoms with E-state index < -0.39 is 0 Å². The highest BCUT2D eigenvalue weighted by molar-refractivity contribution is 5.97. The first-order chi connectivity index (χ1) is 13.6. The maximum absolute atomic E-state index is 12.4. The van der Waals surface area contributed by atoms with Crippen molar-refractivity contribution < 1.29 is 4.79 Å². The molecule has 2 fully saturated rings. The van der Waals surface area contributed by atoms with E-state index in [0.717, 1.165) is 38.4 Å². The largest absolute Gasteiger partial charge is 0.338 e. The Bertz CT molecular complexity index is 844.